The van der Waals surface area contributed by atoms with E-state index in [9.17, 15) is 0 Å². The molecule has 0 N–H and O–H groups in total. The van der Waals surface area contributed by atoms with Crippen molar-refractivity contribution in [1.82, 2.24) is 9.80 Å². The van der Waals surface area contributed by atoms with Crippen molar-refractivity contribution in [2.24, 2.45) is 5.92 Å². The summed E-state index contributed by atoms with van der Waals surface area (Å²) >= 11 is 0. The van der Waals surface area contributed by atoms with Gasteiger partial charge in [0.2, 0.25) is 0 Å². The molecule has 4 heteroatoms. The number of nitriles is 1. The van der Waals surface area contributed by atoms with E-state index < -0.39 is 0 Å². The van der Waals surface area contributed by atoms with E-state index in [4.69, 9.17) is 10.00 Å². The Balaban J connectivity index is 1.47. The van der Waals surface area contributed by atoms with Crippen LogP contribution in [0.2, 0.25) is 0 Å². The van der Waals surface area contributed by atoms with Crippen LogP contribution in [-0.4, -0.2) is 55.7 Å². The number of hydrogen-bond donors (Lipinski definition) is 0. The molecule has 1 aliphatic carbocycles. The quantitative estimate of drug-likeness (QED) is 0.806. The summed E-state index contributed by atoms with van der Waals surface area (Å²) in [5.74, 6) is 0.934. The van der Waals surface area contributed by atoms with Crippen LogP contribution in [-0.2, 0) is 11.3 Å². The Bertz CT molecular complexity index is 518. The molecule has 2 aliphatic rings. The molecule has 1 heterocycles. The molecule has 1 aromatic rings. The van der Waals surface area contributed by atoms with Gasteiger partial charge in [0.05, 0.1) is 24.3 Å². The maximum atomic E-state index is 8.85. The Morgan fingerprint density at radius 3 is 2.73 bits per heavy atom. The molecule has 1 saturated carbocycles. The van der Waals surface area contributed by atoms with Gasteiger partial charge in [-0.1, -0.05) is 12.1 Å². The second kappa shape index (κ2) is 7.23. The van der Waals surface area contributed by atoms with Gasteiger partial charge in [-0.15, -0.1) is 0 Å². The molecule has 4 nitrogen and oxygen atoms in total. The summed E-state index contributed by atoms with van der Waals surface area (Å²) < 4.78 is 5.93. The lowest BCUT2D eigenvalue weighted by Crippen LogP contribution is -2.46. The molecule has 0 unspecified atom stereocenters. The topological polar surface area (TPSA) is 39.5 Å². The van der Waals surface area contributed by atoms with E-state index in [-0.39, 0.29) is 0 Å². The molecule has 0 amide bonds. The number of rotatable bonds is 6. The molecular formula is C18H25N3O. The third-order valence-electron chi connectivity index (χ3n) is 4.49. The van der Waals surface area contributed by atoms with Crippen LogP contribution in [0.25, 0.3) is 0 Å². The van der Waals surface area contributed by atoms with Gasteiger partial charge < -0.3 is 9.64 Å². The highest BCUT2D eigenvalue weighted by Crippen LogP contribution is 2.29. The molecule has 0 radical (unpaired) electrons. The van der Waals surface area contributed by atoms with E-state index in [1.165, 1.54) is 24.9 Å². The molecule has 1 atom stereocenters. The van der Waals surface area contributed by atoms with Crippen molar-refractivity contribution in [1.29, 1.82) is 5.26 Å². The van der Waals surface area contributed by atoms with E-state index >= 15 is 0 Å². The highest BCUT2D eigenvalue weighted by Gasteiger charge is 2.26. The fourth-order valence-electron chi connectivity index (χ4n) is 3.14. The van der Waals surface area contributed by atoms with Crippen molar-refractivity contribution in [2.45, 2.75) is 25.5 Å². The third-order valence-corrected chi connectivity index (χ3v) is 4.49. The largest absolute Gasteiger partial charge is 0.374 e. The van der Waals surface area contributed by atoms with Crippen molar-refractivity contribution < 1.29 is 4.74 Å². The van der Waals surface area contributed by atoms with Crippen LogP contribution >= 0.6 is 0 Å². The normalized spacial score (nSPS) is 22.7. The minimum absolute atomic E-state index is 0.316. The Morgan fingerprint density at radius 1 is 1.27 bits per heavy atom. The molecule has 0 bridgehead atoms. The molecule has 118 valence electrons. The zero-order valence-electron chi connectivity index (χ0n) is 13.4. The maximum absolute atomic E-state index is 8.85. The molecule has 1 saturated heterocycles. The van der Waals surface area contributed by atoms with Crippen LogP contribution in [0.1, 0.15) is 24.0 Å². The van der Waals surface area contributed by atoms with Gasteiger partial charge in [0.15, 0.2) is 0 Å². The Kier molecular flexibility index (Phi) is 5.09. The van der Waals surface area contributed by atoms with Gasteiger partial charge in [-0.25, -0.2) is 0 Å². The van der Waals surface area contributed by atoms with Crippen LogP contribution in [0.4, 0.5) is 0 Å². The van der Waals surface area contributed by atoms with Crippen LogP contribution in [0.5, 0.6) is 0 Å². The number of benzene rings is 1. The van der Waals surface area contributed by atoms with E-state index in [0.717, 1.165) is 44.3 Å². The standard InChI is InChI=1S/C18H25N3O/c1-20(11-16-6-7-16)13-18-14-21(8-9-22-18)12-17-4-2-15(10-19)3-5-17/h2-5,16,18H,6-9,11-14H2,1H3/t18-/m0/s1. The van der Waals surface area contributed by atoms with Gasteiger partial charge in [-0.3, -0.25) is 4.90 Å². The number of hydrogen-bond acceptors (Lipinski definition) is 4. The first-order valence-corrected chi connectivity index (χ1v) is 8.24. The van der Waals surface area contributed by atoms with Gasteiger partial charge in [0.25, 0.3) is 0 Å². The van der Waals surface area contributed by atoms with Gasteiger partial charge in [-0.05, 0) is 43.5 Å². The van der Waals surface area contributed by atoms with Crippen molar-refractivity contribution in [2.75, 3.05) is 39.8 Å². The average Bonchev–Trinajstić information content (AvgIpc) is 3.32. The van der Waals surface area contributed by atoms with Crippen molar-refractivity contribution >= 4 is 0 Å². The molecule has 1 aliphatic heterocycles. The first kappa shape index (κ1) is 15.5. The van der Waals surface area contributed by atoms with Crippen molar-refractivity contribution in [3.8, 4) is 6.07 Å². The number of likely N-dealkylation sites (N-methyl/N-ethyl adjacent to an activating group) is 1. The van der Waals surface area contributed by atoms with E-state index in [1.54, 1.807) is 0 Å². The fraction of sp³-hybridized carbons (Fsp3) is 0.611. The first-order chi connectivity index (χ1) is 10.7. The van der Waals surface area contributed by atoms with Gasteiger partial charge in [0.1, 0.15) is 0 Å². The van der Waals surface area contributed by atoms with E-state index in [0.29, 0.717) is 6.10 Å². The Hall–Kier alpha value is -1.41. The van der Waals surface area contributed by atoms with E-state index in [1.807, 2.05) is 12.1 Å². The van der Waals surface area contributed by atoms with E-state index in [2.05, 4.69) is 35.0 Å². The second-order valence-electron chi connectivity index (χ2n) is 6.70. The number of nitrogens with zero attached hydrogens (tertiary/aromatic N) is 3. The van der Waals surface area contributed by atoms with Gasteiger partial charge >= 0.3 is 0 Å². The molecule has 3 rings (SSSR count). The lowest BCUT2D eigenvalue weighted by molar-refractivity contribution is -0.0434. The smallest absolute Gasteiger partial charge is 0.0991 e. The SMILES string of the molecule is CN(CC1CC1)C[C@H]1CN(Cc2ccc(C#N)cc2)CCO1. The highest BCUT2D eigenvalue weighted by atomic mass is 16.5. The molecular weight excluding hydrogens is 274 g/mol. The van der Waals surface area contributed by atoms with Crippen LogP contribution < -0.4 is 0 Å². The molecule has 2 fully saturated rings. The lowest BCUT2D eigenvalue weighted by Gasteiger charge is -2.35. The average molecular weight is 299 g/mol. The summed E-state index contributed by atoms with van der Waals surface area (Å²) in [6, 6.07) is 10.1. The summed E-state index contributed by atoms with van der Waals surface area (Å²) in [4.78, 5) is 4.88. The lowest BCUT2D eigenvalue weighted by atomic mass is 10.1. The molecule has 1 aromatic carbocycles. The van der Waals surface area contributed by atoms with Gasteiger partial charge in [0, 0.05) is 32.7 Å². The summed E-state index contributed by atoms with van der Waals surface area (Å²) in [7, 11) is 2.21. The Morgan fingerprint density at radius 2 is 2.05 bits per heavy atom. The monoisotopic (exact) mass is 299 g/mol. The fourth-order valence-corrected chi connectivity index (χ4v) is 3.14. The summed E-state index contributed by atoms with van der Waals surface area (Å²) in [6.45, 7) is 5.99. The number of ether oxygens (including phenoxy) is 1. The first-order valence-electron chi connectivity index (χ1n) is 8.24. The van der Waals surface area contributed by atoms with Crippen molar-refractivity contribution in [3.05, 3.63) is 35.4 Å². The van der Waals surface area contributed by atoms with Crippen LogP contribution in [0.3, 0.4) is 0 Å². The molecule has 0 aromatic heterocycles. The highest BCUT2D eigenvalue weighted by molar-refractivity contribution is 5.31. The molecule has 0 spiro atoms. The third kappa shape index (κ3) is 4.54. The summed E-state index contributed by atoms with van der Waals surface area (Å²) in [5, 5.41) is 8.85. The molecule has 22 heavy (non-hydrogen) atoms. The van der Waals surface area contributed by atoms with Crippen molar-refractivity contribution in [3.63, 3.8) is 0 Å². The maximum Gasteiger partial charge on any atom is 0.0991 e. The predicted octanol–water partition coefficient (Wildman–Crippen LogP) is 2.10. The number of morpholine rings is 1. The minimum atomic E-state index is 0.316. The predicted molar refractivity (Wildman–Crippen MR) is 86.4 cm³/mol. The second-order valence-corrected chi connectivity index (χ2v) is 6.70. The van der Waals surface area contributed by atoms with Gasteiger partial charge in [-0.2, -0.15) is 5.26 Å². The van der Waals surface area contributed by atoms with Crippen LogP contribution in [0, 0.1) is 17.2 Å². The minimum Gasteiger partial charge on any atom is -0.374 e. The summed E-state index contributed by atoms with van der Waals surface area (Å²) in [6.07, 6.45) is 3.12. The zero-order chi connectivity index (χ0) is 15.4. The zero-order valence-corrected chi connectivity index (χ0v) is 13.4. The Labute approximate surface area is 133 Å². The summed E-state index contributed by atoms with van der Waals surface area (Å²) in [5.41, 5.74) is 2.00. The van der Waals surface area contributed by atoms with Crippen LogP contribution in [0.15, 0.2) is 24.3 Å².